The van der Waals surface area contributed by atoms with E-state index in [0.29, 0.717) is 11.8 Å². The third-order valence-corrected chi connectivity index (χ3v) is 6.32. The van der Waals surface area contributed by atoms with Gasteiger partial charge in [-0.1, -0.05) is 6.42 Å². The molecule has 6 nitrogen and oxygen atoms in total. The lowest BCUT2D eigenvalue weighted by Gasteiger charge is -2.60. The lowest BCUT2D eigenvalue weighted by atomic mass is 9.51. The van der Waals surface area contributed by atoms with E-state index >= 15 is 0 Å². The van der Waals surface area contributed by atoms with Gasteiger partial charge in [-0.3, -0.25) is 9.48 Å². The number of carbonyl (C=O) groups is 1. The molecule has 1 N–H and O–H groups in total. The Kier molecular flexibility index (Phi) is 3.92. The number of carbonyl (C=O) groups excluding carboxylic acids is 1. The van der Waals surface area contributed by atoms with Gasteiger partial charge in [-0.05, 0) is 26.2 Å². The summed E-state index contributed by atoms with van der Waals surface area (Å²) in [6.07, 6.45) is 8.44. The first-order valence-corrected chi connectivity index (χ1v) is 9.37. The number of ether oxygens (including phenoxy) is 1. The van der Waals surface area contributed by atoms with Crippen molar-refractivity contribution in [3.05, 3.63) is 23.5 Å². The molecule has 0 unspecified atom stereocenters. The van der Waals surface area contributed by atoms with E-state index in [2.05, 4.69) is 15.4 Å². The zero-order valence-electron chi connectivity index (χ0n) is 14.0. The summed E-state index contributed by atoms with van der Waals surface area (Å²) < 4.78 is 7.58. The quantitative estimate of drug-likeness (QED) is 0.903. The van der Waals surface area contributed by atoms with E-state index in [1.807, 2.05) is 25.5 Å². The largest absolute Gasteiger partial charge is 0.378 e. The van der Waals surface area contributed by atoms with Gasteiger partial charge in [-0.2, -0.15) is 5.10 Å². The molecule has 2 aromatic heterocycles. The smallest absolute Gasteiger partial charge is 0.271 e. The second-order valence-electron chi connectivity index (χ2n) is 6.73. The normalized spacial score (nSPS) is 24.4. The molecule has 0 saturated heterocycles. The molecule has 2 fully saturated rings. The Morgan fingerprint density at radius 2 is 2.38 bits per heavy atom. The van der Waals surface area contributed by atoms with Crippen LogP contribution in [0.15, 0.2) is 17.8 Å². The molecule has 0 aliphatic heterocycles. The van der Waals surface area contributed by atoms with E-state index in [1.54, 1.807) is 10.9 Å². The molecule has 2 aliphatic carbocycles. The van der Waals surface area contributed by atoms with Crippen LogP contribution in [0.3, 0.4) is 0 Å². The van der Waals surface area contributed by atoms with E-state index < -0.39 is 0 Å². The van der Waals surface area contributed by atoms with Gasteiger partial charge >= 0.3 is 0 Å². The number of hydrogen-bond donors (Lipinski definition) is 1. The predicted molar refractivity (Wildman–Crippen MR) is 91.9 cm³/mol. The van der Waals surface area contributed by atoms with Gasteiger partial charge in [0, 0.05) is 42.3 Å². The van der Waals surface area contributed by atoms with Gasteiger partial charge < -0.3 is 10.1 Å². The molecule has 0 radical (unpaired) electrons. The number of nitrogens with zero attached hydrogens (tertiary/aromatic N) is 3. The van der Waals surface area contributed by atoms with Crippen molar-refractivity contribution >= 4 is 17.2 Å². The molecule has 1 spiro atoms. The third-order valence-electron chi connectivity index (χ3n) is 5.43. The maximum atomic E-state index is 12.6. The first-order chi connectivity index (χ1) is 11.6. The topological polar surface area (TPSA) is 69.0 Å². The number of aryl methyl sites for hydroxylation is 1. The molecule has 7 heteroatoms. The minimum atomic E-state index is -0.0763. The molecule has 4 rings (SSSR count). The second kappa shape index (κ2) is 5.97. The van der Waals surface area contributed by atoms with Crippen molar-refractivity contribution in [1.29, 1.82) is 0 Å². The van der Waals surface area contributed by atoms with E-state index in [9.17, 15) is 4.79 Å². The number of amides is 1. The Morgan fingerprint density at radius 3 is 3.00 bits per heavy atom. The molecule has 0 bridgehead atoms. The van der Waals surface area contributed by atoms with Crippen LogP contribution in [0.1, 0.15) is 43.1 Å². The summed E-state index contributed by atoms with van der Waals surface area (Å²) in [5, 5.41) is 9.99. The number of nitrogens with one attached hydrogen (secondary N) is 1. The monoisotopic (exact) mass is 346 g/mol. The minimum Gasteiger partial charge on any atom is -0.378 e. The number of rotatable bonds is 5. The van der Waals surface area contributed by atoms with E-state index in [1.165, 1.54) is 17.8 Å². The third kappa shape index (κ3) is 2.46. The van der Waals surface area contributed by atoms with Crippen LogP contribution >= 0.6 is 11.3 Å². The van der Waals surface area contributed by atoms with Crippen molar-refractivity contribution in [2.24, 2.45) is 12.5 Å². The highest BCUT2D eigenvalue weighted by Crippen LogP contribution is 2.57. The fourth-order valence-electron chi connectivity index (χ4n) is 3.92. The summed E-state index contributed by atoms with van der Waals surface area (Å²) in [5.74, 6) is -0.0763. The Labute approximate surface area is 145 Å². The van der Waals surface area contributed by atoms with Gasteiger partial charge in [-0.25, -0.2) is 4.98 Å². The summed E-state index contributed by atoms with van der Waals surface area (Å²) in [5.41, 5.74) is 1.61. The van der Waals surface area contributed by atoms with Crippen LogP contribution in [0.2, 0.25) is 0 Å². The highest BCUT2D eigenvalue weighted by Gasteiger charge is 2.59. The zero-order chi connectivity index (χ0) is 16.7. The first-order valence-electron chi connectivity index (χ1n) is 8.49. The summed E-state index contributed by atoms with van der Waals surface area (Å²) in [4.78, 5) is 17.0. The highest BCUT2D eigenvalue weighted by molar-refractivity contribution is 7.13. The van der Waals surface area contributed by atoms with Crippen LogP contribution in [0, 0.1) is 5.41 Å². The van der Waals surface area contributed by atoms with Crippen molar-refractivity contribution < 1.29 is 9.53 Å². The molecule has 1 amide bonds. The van der Waals surface area contributed by atoms with Gasteiger partial charge in [-0.15, -0.1) is 11.3 Å². The molecule has 2 saturated carbocycles. The molecular formula is C17H22N4O2S. The lowest BCUT2D eigenvalue weighted by Crippen LogP contribution is -2.67. The van der Waals surface area contributed by atoms with Crippen molar-refractivity contribution in [3.63, 3.8) is 0 Å². The molecule has 128 valence electrons. The van der Waals surface area contributed by atoms with Gasteiger partial charge in [0.2, 0.25) is 0 Å². The standard InChI is InChI=1S/C17H22N4O2S/c1-3-23-14-7-13(17(14)5-4-6-17)20-15(22)12-10-24-16(19-12)11-8-18-21(2)9-11/h8-10,13-14H,3-7H2,1-2H3,(H,20,22)/t13-,14-/m0/s1. The van der Waals surface area contributed by atoms with Crippen molar-refractivity contribution in [2.45, 2.75) is 44.8 Å². The average molecular weight is 346 g/mol. The van der Waals surface area contributed by atoms with Crippen LogP contribution in [-0.2, 0) is 11.8 Å². The first kappa shape index (κ1) is 15.8. The number of aromatic nitrogens is 3. The van der Waals surface area contributed by atoms with E-state index in [0.717, 1.165) is 36.4 Å². The second-order valence-corrected chi connectivity index (χ2v) is 7.59. The predicted octanol–water partition coefficient (Wildman–Crippen LogP) is 2.62. The van der Waals surface area contributed by atoms with Crippen molar-refractivity contribution in [1.82, 2.24) is 20.1 Å². The van der Waals surface area contributed by atoms with Crippen LogP contribution in [0.4, 0.5) is 0 Å². The molecule has 2 heterocycles. The fraction of sp³-hybridized carbons (Fsp3) is 0.588. The van der Waals surface area contributed by atoms with Crippen molar-refractivity contribution in [3.8, 4) is 10.6 Å². The van der Waals surface area contributed by atoms with Gasteiger partial charge in [0.25, 0.3) is 5.91 Å². The minimum absolute atomic E-state index is 0.0763. The lowest BCUT2D eigenvalue weighted by molar-refractivity contribution is -0.169. The van der Waals surface area contributed by atoms with E-state index in [-0.39, 0.29) is 17.4 Å². The number of thiazole rings is 1. The van der Waals surface area contributed by atoms with Crippen molar-refractivity contribution in [2.75, 3.05) is 6.61 Å². The maximum absolute atomic E-state index is 12.6. The number of hydrogen-bond acceptors (Lipinski definition) is 5. The molecule has 2 atom stereocenters. The van der Waals surface area contributed by atoms with E-state index in [4.69, 9.17) is 4.74 Å². The highest BCUT2D eigenvalue weighted by atomic mass is 32.1. The SMILES string of the molecule is CCO[C@H]1C[C@H](NC(=O)c2csc(-c3cnn(C)c3)n2)C12CCC2. The average Bonchev–Trinajstić information content (AvgIpc) is 3.12. The Morgan fingerprint density at radius 1 is 1.54 bits per heavy atom. The van der Waals surface area contributed by atoms with Gasteiger partial charge in [0.1, 0.15) is 10.7 Å². The summed E-state index contributed by atoms with van der Waals surface area (Å²) >= 11 is 1.48. The summed E-state index contributed by atoms with van der Waals surface area (Å²) in [7, 11) is 1.87. The zero-order valence-corrected chi connectivity index (χ0v) is 14.8. The van der Waals surface area contributed by atoms with Crippen LogP contribution in [-0.4, -0.2) is 39.4 Å². The summed E-state index contributed by atoms with van der Waals surface area (Å²) in [6, 6.07) is 0.221. The molecule has 2 aliphatic rings. The molecular weight excluding hydrogens is 324 g/mol. The Balaban J connectivity index is 1.43. The maximum Gasteiger partial charge on any atom is 0.271 e. The van der Waals surface area contributed by atoms with Gasteiger partial charge in [0.15, 0.2) is 0 Å². The molecule has 2 aromatic rings. The van der Waals surface area contributed by atoms with Crippen LogP contribution in [0.25, 0.3) is 10.6 Å². The molecule has 24 heavy (non-hydrogen) atoms. The summed E-state index contributed by atoms with van der Waals surface area (Å²) in [6.45, 7) is 2.78. The molecule has 0 aromatic carbocycles. The Bertz CT molecular complexity index is 749. The van der Waals surface area contributed by atoms with Gasteiger partial charge in [0.05, 0.1) is 12.3 Å². The Hall–Kier alpha value is -1.73. The van der Waals surface area contributed by atoms with Crippen LogP contribution < -0.4 is 5.32 Å². The fourth-order valence-corrected chi connectivity index (χ4v) is 4.69. The van der Waals surface area contributed by atoms with Crippen LogP contribution in [0.5, 0.6) is 0 Å².